The van der Waals surface area contributed by atoms with Gasteiger partial charge in [-0.1, -0.05) is 334 Å². The van der Waals surface area contributed by atoms with E-state index in [1.165, 1.54) is 308 Å². The minimum absolute atomic E-state index is 0.00415. The highest BCUT2D eigenvalue weighted by molar-refractivity contribution is 5.76. The van der Waals surface area contributed by atoms with Crippen molar-refractivity contribution in [2.24, 2.45) is 0 Å². The van der Waals surface area contributed by atoms with Crippen LogP contribution in [0, 0.1) is 0 Å². The molecule has 0 fully saturated rings. The van der Waals surface area contributed by atoms with Gasteiger partial charge >= 0.3 is 5.97 Å². The second-order valence-corrected chi connectivity index (χ2v) is 23.5. The maximum Gasteiger partial charge on any atom is 0.305 e. The Labute approximate surface area is 469 Å². The van der Waals surface area contributed by atoms with Gasteiger partial charge in [0.05, 0.1) is 25.4 Å². The van der Waals surface area contributed by atoms with Gasteiger partial charge in [-0.05, 0) is 57.8 Å². The first-order chi connectivity index (χ1) is 37.0. The summed E-state index contributed by atoms with van der Waals surface area (Å²) in [6.07, 6.45) is 81.0. The first-order valence-electron chi connectivity index (χ1n) is 34.1. The number of hydrogen-bond donors (Lipinski definition) is 3. The molecule has 2 atom stereocenters. The van der Waals surface area contributed by atoms with Crippen molar-refractivity contribution in [3.63, 3.8) is 0 Å². The van der Waals surface area contributed by atoms with Crippen LogP contribution in [0.25, 0.3) is 0 Å². The van der Waals surface area contributed by atoms with Crippen molar-refractivity contribution in [2.45, 2.75) is 392 Å². The number of hydrogen-bond acceptors (Lipinski definition) is 5. The molecule has 75 heavy (non-hydrogen) atoms. The molecule has 444 valence electrons. The number of unbranched alkanes of at least 4 members (excludes halogenated alkanes) is 51. The molecule has 2 unspecified atom stereocenters. The van der Waals surface area contributed by atoms with Gasteiger partial charge in [0.2, 0.25) is 5.91 Å². The van der Waals surface area contributed by atoms with Crippen LogP contribution in [0.1, 0.15) is 380 Å². The van der Waals surface area contributed by atoms with Crippen LogP contribution >= 0.6 is 0 Å². The minimum Gasteiger partial charge on any atom is -0.466 e. The van der Waals surface area contributed by atoms with Crippen molar-refractivity contribution in [2.75, 3.05) is 13.2 Å². The molecule has 6 heteroatoms. The third-order valence-electron chi connectivity index (χ3n) is 16.0. The van der Waals surface area contributed by atoms with Crippen molar-refractivity contribution in [3.05, 3.63) is 24.3 Å². The summed E-state index contributed by atoms with van der Waals surface area (Å²) in [4.78, 5) is 24.6. The van der Waals surface area contributed by atoms with Crippen LogP contribution in [-0.4, -0.2) is 47.4 Å². The Morgan fingerprint density at radius 2 is 0.627 bits per heavy atom. The van der Waals surface area contributed by atoms with Crippen LogP contribution in [0.2, 0.25) is 0 Å². The molecular formula is C69H133NO5. The molecule has 0 saturated heterocycles. The molecular weight excluding hydrogens is 923 g/mol. The number of esters is 1. The van der Waals surface area contributed by atoms with Gasteiger partial charge in [-0.25, -0.2) is 0 Å². The van der Waals surface area contributed by atoms with Gasteiger partial charge in [0.15, 0.2) is 0 Å². The summed E-state index contributed by atoms with van der Waals surface area (Å²) in [5, 5.41) is 23.3. The smallest absolute Gasteiger partial charge is 0.305 e. The Balaban J connectivity index is 3.41. The lowest BCUT2D eigenvalue weighted by Gasteiger charge is -2.20. The van der Waals surface area contributed by atoms with Crippen molar-refractivity contribution >= 4 is 11.9 Å². The highest BCUT2D eigenvalue weighted by Crippen LogP contribution is 2.19. The number of rotatable bonds is 64. The molecule has 0 spiro atoms. The average Bonchev–Trinajstić information content (AvgIpc) is 3.41. The fourth-order valence-electron chi connectivity index (χ4n) is 10.7. The van der Waals surface area contributed by atoms with Crippen LogP contribution in [0.3, 0.4) is 0 Å². The highest BCUT2D eigenvalue weighted by Gasteiger charge is 2.18. The molecule has 0 aliphatic carbocycles. The Morgan fingerprint density at radius 1 is 0.360 bits per heavy atom. The van der Waals surface area contributed by atoms with Gasteiger partial charge in [-0.15, -0.1) is 0 Å². The molecule has 0 aromatic rings. The third kappa shape index (κ3) is 61.4. The number of ether oxygens (including phenoxy) is 1. The zero-order valence-electron chi connectivity index (χ0n) is 50.8. The molecule has 6 nitrogen and oxygen atoms in total. The van der Waals surface area contributed by atoms with E-state index in [2.05, 4.69) is 31.3 Å². The Kier molecular flexibility index (Phi) is 63.4. The van der Waals surface area contributed by atoms with E-state index in [4.69, 9.17) is 4.74 Å². The lowest BCUT2D eigenvalue weighted by molar-refractivity contribution is -0.143. The lowest BCUT2D eigenvalue weighted by Crippen LogP contribution is -2.45. The Morgan fingerprint density at radius 3 is 0.960 bits per heavy atom. The van der Waals surface area contributed by atoms with E-state index in [1.807, 2.05) is 6.08 Å². The Hall–Kier alpha value is -1.66. The van der Waals surface area contributed by atoms with Gasteiger partial charge in [0.25, 0.3) is 0 Å². The van der Waals surface area contributed by atoms with E-state index in [1.54, 1.807) is 6.08 Å². The van der Waals surface area contributed by atoms with E-state index in [0.29, 0.717) is 19.4 Å². The van der Waals surface area contributed by atoms with E-state index >= 15 is 0 Å². The molecule has 0 saturated carbocycles. The molecule has 0 aliphatic rings. The second kappa shape index (κ2) is 64.9. The van der Waals surface area contributed by atoms with Crippen molar-refractivity contribution in [1.82, 2.24) is 5.32 Å². The molecule has 0 radical (unpaired) electrons. The number of amides is 1. The van der Waals surface area contributed by atoms with Crippen molar-refractivity contribution in [1.29, 1.82) is 0 Å². The monoisotopic (exact) mass is 1060 g/mol. The maximum atomic E-state index is 12.5. The maximum absolute atomic E-state index is 12.5. The summed E-state index contributed by atoms with van der Waals surface area (Å²) < 4.78 is 5.48. The summed E-state index contributed by atoms with van der Waals surface area (Å²) >= 11 is 0. The van der Waals surface area contributed by atoms with E-state index in [9.17, 15) is 19.8 Å². The number of aliphatic hydroxyl groups is 2. The third-order valence-corrected chi connectivity index (χ3v) is 16.0. The van der Waals surface area contributed by atoms with Crippen LogP contribution in [0.4, 0.5) is 0 Å². The fraction of sp³-hybridized carbons (Fsp3) is 0.913. The molecule has 0 rings (SSSR count). The van der Waals surface area contributed by atoms with E-state index in [-0.39, 0.29) is 18.5 Å². The van der Waals surface area contributed by atoms with Crippen LogP contribution in [0.5, 0.6) is 0 Å². The molecule has 0 aromatic heterocycles. The zero-order valence-corrected chi connectivity index (χ0v) is 50.8. The first kappa shape index (κ1) is 73.3. The number of aliphatic hydroxyl groups excluding tert-OH is 2. The summed E-state index contributed by atoms with van der Waals surface area (Å²) in [5.74, 6) is -0.0600. The molecule has 0 aliphatic heterocycles. The number of allylic oxidation sites excluding steroid dienone is 3. The fourth-order valence-corrected chi connectivity index (χ4v) is 10.7. The standard InChI is InChI=1S/C69H133NO5/c1-3-5-7-9-11-13-15-17-18-19-20-21-22-25-28-31-34-38-41-45-49-53-57-61-67(72)66(65-71)70-68(73)62-58-54-50-46-42-39-35-32-29-26-23-24-27-30-33-36-40-44-48-52-56-60-64-75-69(74)63-59-55-51-47-43-37-16-14-12-10-8-6-4-2/h14,16,57,61,66-67,71-72H,3-13,15,17-56,58-60,62-65H2,1-2H3,(H,70,73)/b16-14-,61-57+. The summed E-state index contributed by atoms with van der Waals surface area (Å²) in [6.45, 7) is 4.92. The second-order valence-electron chi connectivity index (χ2n) is 23.5. The minimum atomic E-state index is -0.846. The molecule has 3 N–H and O–H groups in total. The summed E-state index contributed by atoms with van der Waals surface area (Å²) in [7, 11) is 0. The first-order valence-corrected chi connectivity index (χ1v) is 34.1. The number of nitrogens with one attached hydrogen (secondary N) is 1. The number of carbonyl (C=O) groups is 2. The molecule has 0 heterocycles. The van der Waals surface area contributed by atoms with Gasteiger partial charge in [-0.3, -0.25) is 9.59 Å². The molecule has 1 amide bonds. The normalized spacial score (nSPS) is 12.6. The van der Waals surface area contributed by atoms with Gasteiger partial charge in [0.1, 0.15) is 0 Å². The number of carbonyl (C=O) groups excluding carboxylic acids is 2. The lowest BCUT2D eigenvalue weighted by atomic mass is 10.0. The highest BCUT2D eigenvalue weighted by atomic mass is 16.5. The predicted octanol–water partition coefficient (Wildman–Crippen LogP) is 21.8. The summed E-state index contributed by atoms with van der Waals surface area (Å²) in [6, 6.07) is -0.629. The molecule has 0 aromatic carbocycles. The van der Waals surface area contributed by atoms with Gasteiger partial charge < -0.3 is 20.3 Å². The topological polar surface area (TPSA) is 95.9 Å². The van der Waals surface area contributed by atoms with Gasteiger partial charge in [-0.2, -0.15) is 0 Å². The van der Waals surface area contributed by atoms with Crippen LogP contribution in [0.15, 0.2) is 24.3 Å². The van der Waals surface area contributed by atoms with Crippen LogP contribution < -0.4 is 5.32 Å². The molecule has 0 bridgehead atoms. The van der Waals surface area contributed by atoms with E-state index < -0.39 is 12.1 Å². The van der Waals surface area contributed by atoms with Crippen molar-refractivity contribution in [3.8, 4) is 0 Å². The largest absolute Gasteiger partial charge is 0.466 e. The van der Waals surface area contributed by atoms with Crippen LogP contribution in [-0.2, 0) is 14.3 Å². The zero-order chi connectivity index (χ0) is 54.3. The Bertz CT molecular complexity index is 1170. The van der Waals surface area contributed by atoms with Crippen molar-refractivity contribution < 1.29 is 24.5 Å². The predicted molar refractivity (Wildman–Crippen MR) is 329 cm³/mol. The SMILES string of the molecule is CCCCCC/C=C\CCCCCCCC(=O)OCCCCCCCCCCCCCCCCCCCCCCCCC(=O)NC(CO)C(O)/C=C/CCCCCCCCCCCCCCCCCCCCCCC. The summed E-state index contributed by atoms with van der Waals surface area (Å²) in [5.41, 5.74) is 0. The van der Waals surface area contributed by atoms with E-state index in [0.717, 1.165) is 44.9 Å². The average molecular weight is 1060 g/mol. The quantitative estimate of drug-likeness (QED) is 0.0320. The van der Waals surface area contributed by atoms with Gasteiger partial charge in [0, 0.05) is 12.8 Å².